The molecule has 0 unspecified atom stereocenters. The first kappa shape index (κ1) is 17.7. The van der Waals surface area contributed by atoms with Gasteiger partial charge in [0.2, 0.25) is 0 Å². The minimum absolute atomic E-state index is 0.0132. The van der Waals surface area contributed by atoms with Crippen molar-refractivity contribution in [2.24, 2.45) is 0 Å². The zero-order valence-electron chi connectivity index (χ0n) is 15.0. The first-order chi connectivity index (χ1) is 13.1. The van der Waals surface area contributed by atoms with E-state index in [9.17, 15) is 8.42 Å². The fourth-order valence-corrected chi connectivity index (χ4v) is 4.85. The minimum atomic E-state index is -3.73. The van der Waals surface area contributed by atoms with Gasteiger partial charge in [-0.2, -0.15) is 5.10 Å². The normalized spacial score (nSPS) is 17.1. The Bertz CT molecular complexity index is 1010. The summed E-state index contributed by atoms with van der Waals surface area (Å²) in [6.45, 7) is 1.32. The summed E-state index contributed by atoms with van der Waals surface area (Å²) in [6.07, 6.45) is 9.01. The van der Waals surface area contributed by atoms with Gasteiger partial charge in [0.1, 0.15) is 4.90 Å². The third kappa shape index (κ3) is 3.35. The monoisotopic (exact) mass is 387 g/mol. The zero-order chi connectivity index (χ0) is 18.9. The van der Waals surface area contributed by atoms with E-state index in [1.165, 1.54) is 10.5 Å². The number of aromatic nitrogens is 4. The average Bonchev–Trinajstić information content (AvgIpc) is 3.37. The van der Waals surface area contributed by atoms with Crippen LogP contribution in [0.15, 0.2) is 60.3 Å². The number of hydrogen-bond donors (Lipinski definition) is 0. The van der Waals surface area contributed by atoms with Crippen molar-refractivity contribution >= 4 is 15.7 Å². The molecule has 8 nitrogen and oxygen atoms in total. The van der Waals surface area contributed by atoms with Gasteiger partial charge in [0.05, 0.1) is 43.9 Å². The van der Waals surface area contributed by atoms with Crippen LogP contribution < -0.4 is 4.31 Å². The van der Waals surface area contributed by atoms with Crippen LogP contribution in [0.3, 0.4) is 0 Å². The highest BCUT2D eigenvalue weighted by molar-refractivity contribution is 7.92. The molecule has 0 amide bonds. The van der Waals surface area contributed by atoms with Gasteiger partial charge < -0.3 is 9.30 Å². The van der Waals surface area contributed by atoms with E-state index in [-0.39, 0.29) is 10.9 Å². The molecule has 3 heterocycles. The Morgan fingerprint density at radius 3 is 2.93 bits per heavy atom. The molecule has 0 aliphatic carbocycles. The van der Waals surface area contributed by atoms with Gasteiger partial charge in [-0.3, -0.25) is 8.99 Å². The number of rotatable bonds is 6. The number of fused-ring (bicyclic) bond motifs is 1. The first-order valence-electron chi connectivity index (χ1n) is 8.69. The predicted octanol–water partition coefficient (Wildman–Crippen LogP) is 1.72. The highest BCUT2D eigenvalue weighted by Crippen LogP contribution is 2.35. The standard InChI is InChI=1S/C18H21N5O3S/c1-26-9-8-22-13-17(11-20-22)27(24,25)23-12-16(21-7-6-19-14-21)10-15-4-2-3-5-18(15)23/h2-7,11,13-14,16H,8-10,12H2,1H3/t16-/m1/s1. The maximum absolute atomic E-state index is 13.4. The first-order valence-corrected chi connectivity index (χ1v) is 10.1. The molecule has 0 radical (unpaired) electrons. The van der Waals surface area contributed by atoms with Crippen molar-refractivity contribution in [1.29, 1.82) is 0 Å². The molecule has 0 N–H and O–H groups in total. The summed E-state index contributed by atoms with van der Waals surface area (Å²) in [6, 6.07) is 7.61. The third-order valence-corrected chi connectivity index (χ3v) is 6.49. The Labute approximate surface area is 158 Å². The second-order valence-corrected chi connectivity index (χ2v) is 8.33. The Hall–Kier alpha value is -2.65. The molecule has 1 aromatic carbocycles. The van der Waals surface area contributed by atoms with Crippen molar-refractivity contribution in [2.45, 2.75) is 23.9 Å². The number of hydrogen-bond acceptors (Lipinski definition) is 5. The van der Waals surface area contributed by atoms with Crippen LogP contribution >= 0.6 is 0 Å². The molecule has 3 aromatic rings. The fraction of sp³-hybridized carbons (Fsp3) is 0.333. The smallest absolute Gasteiger partial charge is 0.267 e. The molecule has 0 saturated heterocycles. The van der Waals surface area contributed by atoms with E-state index in [4.69, 9.17) is 4.74 Å². The number of imidazole rings is 1. The maximum atomic E-state index is 13.4. The number of ether oxygens (including phenoxy) is 1. The van der Waals surface area contributed by atoms with Gasteiger partial charge in [0.25, 0.3) is 10.0 Å². The van der Waals surface area contributed by atoms with Crippen molar-refractivity contribution in [1.82, 2.24) is 19.3 Å². The molecule has 4 rings (SSSR count). The van der Waals surface area contributed by atoms with E-state index in [1.54, 1.807) is 30.5 Å². The molecule has 1 atom stereocenters. The molecular weight excluding hydrogens is 366 g/mol. The molecule has 9 heteroatoms. The van der Waals surface area contributed by atoms with Gasteiger partial charge in [-0.25, -0.2) is 13.4 Å². The number of benzene rings is 1. The van der Waals surface area contributed by atoms with Crippen LogP contribution in [0.4, 0.5) is 5.69 Å². The van der Waals surface area contributed by atoms with Crippen LogP contribution in [0, 0.1) is 0 Å². The summed E-state index contributed by atoms with van der Waals surface area (Å²) in [7, 11) is -2.13. The van der Waals surface area contributed by atoms with E-state index in [2.05, 4.69) is 10.1 Å². The Kier molecular flexibility index (Phi) is 4.71. The van der Waals surface area contributed by atoms with Crippen molar-refractivity contribution in [3.63, 3.8) is 0 Å². The van der Waals surface area contributed by atoms with Crippen LogP contribution in [0.1, 0.15) is 11.6 Å². The Balaban J connectivity index is 1.71. The van der Waals surface area contributed by atoms with Crippen LogP contribution in [0.25, 0.3) is 0 Å². The Morgan fingerprint density at radius 1 is 1.30 bits per heavy atom. The predicted molar refractivity (Wildman–Crippen MR) is 100 cm³/mol. The summed E-state index contributed by atoms with van der Waals surface area (Å²) >= 11 is 0. The summed E-state index contributed by atoms with van der Waals surface area (Å²) in [5.74, 6) is 0. The molecule has 1 aliphatic rings. The van der Waals surface area contributed by atoms with E-state index in [0.29, 0.717) is 19.7 Å². The van der Waals surface area contributed by atoms with Gasteiger partial charge in [-0.1, -0.05) is 18.2 Å². The van der Waals surface area contributed by atoms with E-state index in [1.807, 2.05) is 35.0 Å². The second-order valence-electron chi connectivity index (χ2n) is 6.46. The summed E-state index contributed by atoms with van der Waals surface area (Å²) in [5.41, 5.74) is 1.72. The number of nitrogens with zero attached hydrogens (tertiary/aromatic N) is 5. The fourth-order valence-electron chi connectivity index (χ4n) is 3.36. The number of methoxy groups -OCH3 is 1. The SMILES string of the molecule is COCCn1cc(S(=O)(=O)N2C[C@H](n3ccnc3)Cc3ccccc32)cn1. The summed E-state index contributed by atoms with van der Waals surface area (Å²) < 4.78 is 36.8. The van der Waals surface area contributed by atoms with E-state index >= 15 is 0 Å². The van der Waals surface area contributed by atoms with Gasteiger partial charge >= 0.3 is 0 Å². The van der Waals surface area contributed by atoms with E-state index < -0.39 is 10.0 Å². The lowest BCUT2D eigenvalue weighted by Gasteiger charge is -2.35. The van der Waals surface area contributed by atoms with Gasteiger partial charge in [-0.05, 0) is 18.1 Å². The number of sulfonamides is 1. The van der Waals surface area contributed by atoms with Crippen molar-refractivity contribution in [3.05, 3.63) is 60.9 Å². The molecular formula is C18H21N5O3S. The molecule has 0 fully saturated rings. The van der Waals surface area contributed by atoms with Crippen LogP contribution in [0.5, 0.6) is 0 Å². The molecule has 0 saturated carbocycles. The third-order valence-electron chi connectivity index (χ3n) is 4.76. The van der Waals surface area contributed by atoms with Crippen LogP contribution in [0.2, 0.25) is 0 Å². The van der Waals surface area contributed by atoms with Crippen molar-refractivity contribution in [2.75, 3.05) is 24.6 Å². The van der Waals surface area contributed by atoms with Gasteiger partial charge in [-0.15, -0.1) is 0 Å². The van der Waals surface area contributed by atoms with E-state index in [0.717, 1.165) is 17.7 Å². The largest absolute Gasteiger partial charge is 0.383 e. The molecule has 1 aliphatic heterocycles. The quantitative estimate of drug-likeness (QED) is 0.643. The molecule has 142 valence electrons. The lowest BCUT2D eigenvalue weighted by atomic mass is 10.00. The maximum Gasteiger partial charge on any atom is 0.267 e. The molecule has 2 aromatic heterocycles. The topological polar surface area (TPSA) is 82.2 Å². The second kappa shape index (κ2) is 7.16. The lowest BCUT2D eigenvalue weighted by Crippen LogP contribution is -2.40. The van der Waals surface area contributed by atoms with Crippen molar-refractivity contribution in [3.8, 4) is 0 Å². The Morgan fingerprint density at radius 2 is 2.15 bits per heavy atom. The molecule has 0 bridgehead atoms. The van der Waals surface area contributed by atoms with Gasteiger partial charge in [0.15, 0.2) is 0 Å². The van der Waals surface area contributed by atoms with Crippen molar-refractivity contribution < 1.29 is 13.2 Å². The zero-order valence-corrected chi connectivity index (χ0v) is 15.8. The molecule has 27 heavy (non-hydrogen) atoms. The summed E-state index contributed by atoms with van der Waals surface area (Å²) in [4.78, 5) is 4.28. The van der Waals surface area contributed by atoms with Gasteiger partial charge in [0, 0.05) is 25.7 Å². The average molecular weight is 387 g/mol. The highest BCUT2D eigenvalue weighted by atomic mass is 32.2. The number of anilines is 1. The highest BCUT2D eigenvalue weighted by Gasteiger charge is 2.34. The minimum Gasteiger partial charge on any atom is -0.383 e. The lowest BCUT2D eigenvalue weighted by molar-refractivity contribution is 0.183. The van der Waals surface area contributed by atoms with Crippen LogP contribution in [-0.4, -0.2) is 48.0 Å². The number of para-hydroxylation sites is 1. The van der Waals surface area contributed by atoms with Crippen LogP contribution in [-0.2, 0) is 27.7 Å². The molecule has 0 spiro atoms. The summed E-state index contributed by atoms with van der Waals surface area (Å²) in [5, 5.41) is 4.16.